The first kappa shape index (κ1) is 27.9. The number of pyridine rings is 1. The minimum atomic E-state index is -0.375. The number of carbonyl (C=O) groups excluding carboxylic acids is 3. The number of nitrogens with zero attached hydrogens (tertiary/aromatic N) is 3. The average Bonchev–Trinajstić information content (AvgIpc) is 3.42. The fourth-order valence-corrected chi connectivity index (χ4v) is 4.91. The van der Waals surface area contributed by atoms with Crippen molar-refractivity contribution in [1.82, 2.24) is 20.1 Å². The van der Waals surface area contributed by atoms with Crippen LogP contribution in [0.3, 0.4) is 0 Å². The SMILES string of the molecule is Cc1c(NC(=O)c2ccc(CNCCO)cn2)cccc1-c1cccc(NC(=O)c2cc3n(n2)CCCC3=O)c1C. The van der Waals surface area contributed by atoms with Crippen LogP contribution in [0, 0.1) is 13.8 Å². The number of aromatic nitrogens is 3. The van der Waals surface area contributed by atoms with Gasteiger partial charge in [-0.1, -0.05) is 30.3 Å². The van der Waals surface area contributed by atoms with Crippen LogP contribution in [0.1, 0.15) is 61.0 Å². The topological polar surface area (TPSA) is 138 Å². The number of Topliss-reactive ketones (excluding diaryl/α,β-unsaturated/α-hetero) is 1. The zero-order valence-corrected chi connectivity index (χ0v) is 23.0. The summed E-state index contributed by atoms with van der Waals surface area (Å²) in [5.41, 5.74) is 6.75. The Morgan fingerprint density at radius 2 is 1.59 bits per heavy atom. The standard InChI is InChI=1S/C31H32N6O4/c1-19-22(6-3-8-24(19)34-30(40)26-12-11-21(18-33-26)17-32-13-15-38)23-7-4-9-25(20(23)2)35-31(41)27-16-28-29(39)10-5-14-37(28)36-27/h3-4,6-9,11-12,16,18,32,38H,5,10,13-15,17H2,1-2H3,(H,34,40)(H,35,41). The van der Waals surface area contributed by atoms with Gasteiger partial charge in [0.05, 0.1) is 6.61 Å². The lowest BCUT2D eigenvalue weighted by Gasteiger charge is -2.16. The monoisotopic (exact) mass is 552 g/mol. The molecule has 5 rings (SSSR count). The molecule has 4 aromatic rings. The van der Waals surface area contributed by atoms with Gasteiger partial charge in [0.2, 0.25) is 0 Å². The third-order valence-corrected chi connectivity index (χ3v) is 7.20. The Labute approximate surface area is 237 Å². The molecular formula is C31H32N6O4. The number of aliphatic hydroxyl groups excluding tert-OH is 1. The zero-order valence-electron chi connectivity index (χ0n) is 23.0. The van der Waals surface area contributed by atoms with Gasteiger partial charge in [-0.3, -0.25) is 24.0 Å². The molecule has 2 aromatic carbocycles. The number of hydrogen-bond donors (Lipinski definition) is 4. The van der Waals surface area contributed by atoms with E-state index in [4.69, 9.17) is 5.11 Å². The van der Waals surface area contributed by atoms with Crippen molar-refractivity contribution < 1.29 is 19.5 Å². The highest BCUT2D eigenvalue weighted by Gasteiger charge is 2.23. The number of anilines is 2. The maximum Gasteiger partial charge on any atom is 0.276 e. The highest BCUT2D eigenvalue weighted by Crippen LogP contribution is 2.34. The Morgan fingerprint density at radius 1 is 0.927 bits per heavy atom. The molecule has 0 radical (unpaired) electrons. The van der Waals surface area contributed by atoms with Crippen molar-refractivity contribution in [3.8, 4) is 11.1 Å². The number of nitrogens with one attached hydrogen (secondary N) is 3. The molecule has 0 saturated heterocycles. The molecule has 10 heteroatoms. The molecule has 3 heterocycles. The predicted octanol–water partition coefficient (Wildman–Crippen LogP) is 4.12. The van der Waals surface area contributed by atoms with Gasteiger partial charge < -0.3 is 21.1 Å². The van der Waals surface area contributed by atoms with E-state index in [-0.39, 0.29) is 29.9 Å². The Balaban J connectivity index is 1.33. The summed E-state index contributed by atoms with van der Waals surface area (Å²) < 4.78 is 1.60. The molecule has 0 saturated carbocycles. The lowest BCUT2D eigenvalue weighted by atomic mass is 9.94. The Morgan fingerprint density at radius 3 is 2.17 bits per heavy atom. The summed E-state index contributed by atoms with van der Waals surface area (Å²) in [6, 6.07) is 16.4. The number of hydrogen-bond acceptors (Lipinski definition) is 7. The van der Waals surface area contributed by atoms with E-state index in [0.717, 1.165) is 34.2 Å². The van der Waals surface area contributed by atoms with E-state index in [1.54, 1.807) is 23.0 Å². The van der Waals surface area contributed by atoms with Gasteiger partial charge in [-0.05, 0) is 66.3 Å². The number of aliphatic hydroxyl groups is 1. The molecule has 4 N–H and O–H groups in total. The number of carbonyl (C=O) groups is 3. The molecule has 210 valence electrons. The van der Waals surface area contributed by atoms with E-state index in [9.17, 15) is 14.4 Å². The first-order chi connectivity index (χ1) is 19.9. The molecule has 0 fully saturated rings. The van der Waals surface area contributed by atoms with E-state index in [1.165, 1.54) is 0 Å². The van der Waals surface area contributed by atoms with Gasteiger partial charge in [-0.2, -0.15) is 5.10 Å². The fourth-order valence-electron chi connectivity index (χ4n) is 4.91. The normalized spacial score (nSPS) is 12.6. The molecule has 0 aliphatic carbocycles. The van der Waals surface area contributed by atoms with Gasteiger partial charge in [0.25, 0.3) is 11.8 Å². The molecule has 0 unspecified atom stereocenters. The van der Waals surface area contributed by atoms with Crippen molar-refractivity contribution in [1.29, 1.82) is 0 Å². The third kappa shape index (κ3) is 6.08. The van der Waals surface area contributed by atoms with Crippen molar-refractivity contribution in [3.63, 3.8) is 0 Å². The smallest absolute Gasteiger partial charge is 0.276 e. The summed E-state index contributed by atoms with van der Waals surface area (Å²) in [4.78, 5) is 42.5. The van der Waals surface area contributed by atoms with Crippen LogP contribution in [0.5, 0.6) is 0 Å². The quantitative estimate of drug-likeness (QED) is 0.229. The Hall–Kier alpha value is -4.67. The lowest BCUT2D eigenvalue weighted by molar-refractivity contribution is 0.0949. The second-order valence-corrected chi connectivity index (χ2v) is 9.98. The molecule has 1 aliphatic heterocycles. The molecular weight excluding hydrogens is 520 g/mol. The van der Waals surface area contributed by atoms with Crippen molar-refractivity contribution in [3.05, 3.63) is 94.6 Å². The fraction of sp³-hybridized carbons (Fsp3) is 0.258. The van der Waals surface area contributed by atoms with Crippen molar-refractivity contribution in [2.24, 2.45) is 0 Å². The number of rotatable bonds is 9. The van der Waals surface area contributed by atoms with Gasteiger partial charge in [0.15, 0.2) is 11.5 Å². The molecule has 2 aromatic heterocycles. The predicted molar refractivity (Wildman–Crippen MR) is 156 cm³/mol. The first-order valence-electron chi connectivity index (χ1n) is 13.6. The van der Waals surface area contributed by atoms with E-state index in [2.05, 4.69) is 26.0 Å². The largest absolute Gasteiger partial charge is 0.395 e. The van der Waals surface area contributed by atoms with Gasteiger partial charge in [-0.25, -0.2) is 0 Å². The second kappa shape index (κ2) is 12.2. The summed E-state index contributed by atoms with van der Waals surface area (Å²) >= 11 is 0. The Kier molecular flexibility index (Phi) is 8.32. The van der Waals surface area contributed by atoms with E-state index in [0.29, 0.717) is 48.8 Å². The van der Waals surface area contributed by atoms with E-state index in [1.807, 2.05) is 56.3 Å². The minimum absolute atomic E-state index is 0.00256. The van der Waals surface area contributed by atoms with Crippen LogP contribution in [0.4, 0.5) is 11.4 Å². The molecule has 0 spiro atoms. The molecule has 2 amide bonds. The van der Waals surface area contributed by atoms with Crippen molar-refractivity contribution in [2.45, 2.75) is 39.8 Å². The first-order valence-corrected chi connectivity index (χ1v) is 13.6. The van der Waals surface area contributed by atoms with Crippen LogP contribution >= 0.6 is 0 Å². The van der Waals surface area contributed by atoms with Gasteiger partial charge in [-0.15, -0.1) is 0 Å². The summed E-state index contributed by atoms with van der Waals surface area (Å²) in [6.45, 7) is 5.59. The average molecular weight is 553 g/mol. The lowest BCUT2D eigenvalue weighted by Crippen LogP contribution is -2.18. The Bertz CT molecular complexity index is 1610. The summed E-state index contributed by atoms with van der Waals surface area (Å²) in [7, 11) is 0. The van der Waals surface area contributed by atoms with Crippen molar-refractivity contribution >= 4 is 29.0 Å². The number of benzene rings is 2. The summed E-state index contributed by atoms with van der Waals surface area (Å²) in [5.74, 6) is -0.692. The highest BCUT2D eigenvalue weighted by molar-refractivity contribution is 6.06. The zero-order chi connectivity index (χ0) is 28.9. The maximum atomic E-state index is 13.0. The van der Waals surface area contributed by atoms with Crippen LogP contribution < -0.4 is 16.0 Å². The van der Waals surface area contributed by atoms with E-state index >= 15 is 0 Å². The minimum Gasteiger partial charge on any atom is -0.395 e. The van der Waals surface area contributed by atoms with Crippen LogP contribution in [0.25, 0.3) is 11.1 Å². The van der Waals surface area contributed by atoms with E-state index < -0.39 is 0 Å². The molecule has 1 aliphatic rings. The van der Waals surface area contributed by atoms with Gasteiger partial charge >= 0.3 is 0 Å². The van der Waals surface area contributed by atoms with Gasteiger partial charge in [0, 0.05) is 49.7 Å². The van der Waals surface area contributed by atoms with Crippen LogP contribution in [0.15, 0.2) is 60.8 Å². The summed E-state index contributed by atoms with van der Waals surface area (Å²) in [6.07, 6.45) is 2.84. The third-order valence-electron chi connectivity index (χ3n) is 7.20. The number of aryl methyl sites for hydroxylation is 1. The number of ketones is 1. The van der Waals surface area contributed by atoms with Crippen LogP contribution in [-0.2, 0) is 13.1 Å². The van der Waals surface area contributed by atoms with Gasteiger partial charge in [0.1, 0.15) is 11.4 Å². The highest BCUT2D eigenvalue weighted by atomic mass is 16.3. The summed E-state index contributed by atoms with van der Waals surface area (Å²) in [5, 5.41) is 22.2. The van der Waals surface area contributed by atoms with Crippen LogP contribution in [0.2, 0.25) is 0 Å². The van der Waals surface area contributed by atoms with Crippen molar-refractivity contribution in [2.75, 3.05) is 23.8 Å². The molecule has 0 bridgehead atoms. The molecule has 41 heavy (non-hydrogen) atoms. The number of amides is 2. The second-order valence-electron chi connectivity index (χ2n) is 9.98. The molecule has 10 nitrogen and oxygen atoms in total. The van der Waals surface area contributed by atoms with Crippen LogP contribution in [-0.4, -0.2) is 50.6 Å². The molecule has 0 atom stereocenters. The maximum absolute atomic E-state index is 13.0. The number of fused-ring (bicyclic) bond motifs is 1.